The first-order valence-corrected chi connectivity index (χ1v) is 7.26. The summed E-state index contributed by atoms with van der Waals surface area (Å²) in [6.07, 6.45) is 7.11. The quantitative estimate of drug-likeness (QED) is 0.902. The maximum Gasteiger partial charge on any atom is 0.151 e. The van der Waals surface area contributed by atoms with E-state index in [1.54, 1.807) is 0 Å². The summed E-state index contributed by atoms with van der Waals surface area (Å²) < 4.78 is 0. The Balaban J connectivity index is 1.73. The van der Waals surface area contributed by atoms with Crippen molar-refractivity contribution in [2.75, 3.05) is 31.4 Å². The first kappa shape index (κ1) is 12.7. The normalized spacial score (nSPS) is 30.4. The molecule has 4 nitrogen and oxygen atoms in total. The molecule has 2 fully saturated rings. The van der Waals surface area contributed by atoms with E-state index in [1.807, 2.05) is 26.4 Å². The van der Waals surface area contributed by atoms with Crippen molar-refractivity contribution in [2.45, 2.75) is 43.8 Å². The molecule has 3 rings (SSSR count). The van der Waals surface area contributed by atoms with Crippen LogP contribution in [0.15, 0.2) is 18.3 Å². The maximum absolute atomic E-state index is 4.47. The molecule has 0 radical (unpaired) electrons. The van der Waals surface area contributed by atoms with Crippen molar-refractivity contribution < 1.29 is 0 Å². The van der Waals surface area contributed by atoms with Crippen molar-refractivity contribution >= 4 is 11.5 Å². The second-order valence-corrected chi connectivity index (χ2v) is 6.13. The molecule has 2 aliphatic rings. The molecule has 1 aromatic rings. The Morgan fingerprint density at radius 3 is 2.58 bits per heavy atom. The zero-order chi connectivity index (χ0) is 13.4. The van der Waals surface area contributed by atoms with Gasteiger partial charge in [-0.2, -0.15) is 0 Å². The second-order valence-electron chi connectivity index (χ2n) is 6.13. The lowest BCUT2D eigenvalue weighted by Crippen LogP contribution is -2.44. The third kappa shape index (κ3) is 2.41. The van der Waals surface area contributed by atoms with Crippen LogP contribution in [0.1, 0.15) is 25.7 Å². The van der Waals surface area contributed by atoms with Gasteiger partial charge in [0.2, 0.25) is 0 Å². The molecular weight excluding hydrogens is 236 g/mol. The molecule has 4 heteroatoms. The average molecular weight is 260 g/mol. The van der Waals surface area contributed by atoms with Crippen molar-refractivity contribution in [1.29, 1.82) is 0 Å². The summed E-state index contributed by atoms with van der Waals surface area (Å²) in [4.78, 5) is 9.12. The number of anilines is 2. The molecule has 2 saturated heterocycles. The zero-order valence-corrected chi connectivity index (χ0v) is 12.1. The van der Waals surface area contributed by atoms with E-state index in [9.17, 15) is 0 Å². The van der Waals surface area contributed by atoms with E-state index >= 15 is 0 Å². The topological polar surface area (TPSA) is 31.4 Å². The third-order valence-electron chi connectivity index (χ3n) is 4.67. The lowest BCUT2D eigenvalue weighted by molar-refractivity contribution is 0.169. The van der Waals surface area contributed by atoms with Crippen molar-refractivity contribution in [3.63, 3.8) is 0 Å². The van der Waals surface area contributed by atoms with Gasteiger partial charge in [-0.3, -0.25) is 0 Å². The molecule has 0 spiro atoms. The van der Waals surface area contributed by atoms with Crippen molar-refractivity contribution in [3.8, 4) is 0 Å². The largest absolute Gasteiger partial charge is 0.379 e. The predicted octanol–water partition coefficient (Wildman–Crippen LogP) is 2.18. The van der Waals surface area contributed by atoms with Crippen LogP contribution in [-0.4, -0.2) is 49.2 Å². The monoisotopic (exact) mass is 260 g/mol. The summed E-state index contributed by atoms with van der Waals surface area (Å²) in [5.74, 6) is 1.04. The SMILES string of the molecule is CN(C)c1ncccc1NC1CC2CCC(C1)N2C. The van der Waals surface area contributed by atoms with Crippen LogP contribution in [0.2, 0.25) is 0 Å². The van der Waals surface area contributed by atoms with Gasteiger partial charge in [0.05, 0.1) is 5.69 Å². The minimum Gasteiger partial charge on any atom is -0.379 e. The molecule has 2 unspecified atom stereocenters. The molecular formula is C15H24N4. The summed E-state index contributed by atoms with van der Waals surface area (Å²) >= 11 is 0. The van der Waals surface area contributed by atoms with E-state index in [0.717, 1.165) is 17.9 Å². The van der Waals surface area contributed by atoms with Gasteiger partial charge in [0.25, 0.3) is 0 Å². The van der Waals surface area contributed by atoms with Crippen molar-refractivity contribution in [3.05, 3.63) is 18.3 Å². The fourth-order valence-corrected chi connectivity index (χ4v) is 3.62. The molecule has 0 aromatic carbocycles. The fraction of sp³-hybridized carbons (Fsp3) is 0.667. The van der Waals surface area contributed by atoms with Crippen LogP contribution >= 0.6 is 0 Å². The number of hydrogen-bond acceptors (Lipinski definition) is 4. The Kier molecular flexibility index (Phi) is 3.35. The zero-order valence-electron chi connectivity index (χ0n) is 12.1. The van der Waals surface area contributed by atoms with Gasteiger partial charge in [0.1, 0.15) is 0 Å². The Morgan fingerprint density at radius 1 is 1.26 bits per heavy atom. The molecule has 2 aliphatic heterocycles. The molecule has 1 aromatic heterocycles. The molecule has 1 N–H and O–H groups in total. The first-order valence-electron chi connectivity index (χ1n) is 7.26. The number of aromatic nitrogens is 1. The number of fused-ring (bicyclic) bond motifs is 2. The van der Waals surface area contributed by atoms with Crippen LogP contribution in [0, 0.1) is 0 Å². The van der Waals surface area contributed by atoms with E-state index in [4.69, 9.17) is 0 Å². The predicted molar refractivity (Wildman–Crippen MR) is 79.8 cm³/mol. The van der Waals surface area contributed by atoms with Gasteiger partial charge in [0.15, 0.2) is 5.82 Å². The third-order valence-corrected chi connectivity index (χ3v) is 4.67. The van der Waals surface area contributed by atoms with Gasteiger partial charge >= 0.3 is 0 Å². The summed E-state index contributed by atoms with van der Waals surface area (Å²) in [7, 11) is 6.38. The van der Waals surface area contributed by atoms with Gasteiger partial charge in [-0.15, -0.1) is 0 Å². The molecule has 19 heavy (non-hydrogen) atoms. The average Bonchev–Trinajstić information content (AvgIpc) is 2.63. The minimum atomic E-state index is 0.594. The van der Waals surface area contributed by atoms with Crippen LogP contribution in [0.3, 0.4) is 0 Å². The van der Waals surface area contributed by atoms with Crippen LogP contribution < -0.4 is 10.2 Å². The van der Waals surface area contributed by atoms with Gasteiger partial charge in [-0.1, -0.05) is 0 Å². The highest BCUT2D eigenvalue weighted by Crippen LogP contribution is 2.36. The minimum absolute atomic E-state index is 0.594. The number of rotatable bonds is 3. The number of nitrogens with one attached hydrogen (secondary N) is 1. The smallest absolute Gasteiger partial charge is 0.151 e. The Bertz CT molecular complexity index is 432. The first-order chi connectivity index (χ1) is 9.15. The van der Waals surface area contributed by atoms with E-state index in [0.29, 0.717) is 6.04 Å². The summed E-state index contributed by atoms with van der Waals surface area (Å²) in [5, 5.41) is 3.72. The summed E-state index contributed by atoms with van der Waals surface area (Å²) in [6, 6.07) is 6.30. The van der Waals surface area contributed by atoms with Crippen LogP contribution in [0.5, 0.6) is 0 Å². The molecule has 0 saturated carbocycles. The summed E-state index contributed by atoms with van der Waals surface area (Å²) in [5.41, 5.74) is 1.17. The van der Waals surface area contributed by atoms with Crippen LogP contribution in [0.4, 0.5) is 11.5 Å². The van der Waals surface area contributed by atoms with E-state index < -0.39 is 0 Å². The lowest BCUT2D eigenvalue weighted by Gasteiger charge is -2.37. The van der Waals surface area contributed by atoms with Gasteiger partial charge < -0.3 is 15.1 Å². The molecule has 104 valence electrons. The highest BCUT2D eigenvalue weighted by molar-refractivity contribution is 5.65. The molecule has 0 amide bonds. The van der Waals surface area contributed by atoms with Gasteiger partial charge in [0, 0.05) is 38.4 Å². The van der Waals surface area contributed by atoms with E-state index in [1.165, 1.54) is 31.4 Å². The number of nitrogens with zero attached hydrogens (tertiary/aromatic N) is 3. The fourth-order valence-electron chi connectivity index (χ4n) is 3.62. The lowest BCUT2D eigenvalue weighted by atomic mass is 9.98. The van der Waals surface area contributed by atoms with E-state index in [-0.39, 0.29) is 0 Å². The Hall–Kier alpha value is -1.29. The van der Waals surface area contributed by atoms with Crippen molar-refractivity contribution in [1.82, 2.24) is 9.88 Å². The number of hydrogen-bond donors (Lipinski definition) is 1. The summed E-state index contributed by atoms with van der Waals surface area (Å²) in [6.45, 7) is 0. The van der Waals surface area contributed by atoms with E-state index in [2.05, 4.69) is 33.2 Å². The van der Waals surface area contributed by atoms with Crippen LogP contribution in [-0.2, 0) is 0 Å². The molecule has 2 bridgehead atoms. The van der Waals surface area contributed by atoms with Gasteiger partial charge in [-0.25, -0.2) is 4.98 Å². The number of piperidine rings is 1. The molecule has 2 atom stereocenters. The Labute approximate surface area is 115 Å². The Morgan fingerprint density at radius 2 is 1.95 bits per heavy atom. The van der Waals surface area contributed by atoms with Crippen LogP contribution in [0.25, 0.3) is 0 Å². The maximum atomic E-state index is 4.47. The number of pyridine rings is 1. The van der Waals surface area contributed by atoms with Crippen molar-refractivity contribution in [2.24, 2.45) is 0 Å². The highest BCUT2D eigenvalue weighted by Gasteiger charge is 2.38. The van der Waals surface area contributed by atoms with Gasteiger partial charge in [-0.05, 0) is 44.9 Å². The standard InChI is InChI=1S/C15H24N4/c1-18(2)15-14(5-4-8-16-15)17-11-9-12-6-7-13(10-11)19(12)3/h4-5,8,11-13,17H,6-7,9-10H2,1-3H3. The molecule has 3 heterocycles. The highest BCUT2D eigenvalue weighted by atomic mass is 15.2. The molecule has 0 aliphatic carbocycles. The second kappa shape index (κ2) is 5.00.